The first kappa shape index (κ1) is 25.6. The number of aromatic nitrogens is 2. The average molecular weight is 516 g/mol. The molecule has 1 N–H and O–H groups in total. The molecule has 0 radical (unpaired) electrons. The van der Waals surface area contributed by atoms with E-state index in [1.54, 1.807) is 0 Å². The average Bonchev–Trinajstić information content (AvgIpc) is 3.35. The van der Waals surface area contributed by atoms with E-state index in [1.165, 1.54) is 36.2 Å². The Morgan fingerprint density at radius 2 is 2.00 bits per heavy atom. The van der Waals surface area contributed by atoms with Gasteiger partial charge in [-0.15, -0.1) is 0 Å². The smallest absolute Gasteiger partial charge is 0.228 e. The largest absolute Gasteiger partial charge is 0.485 e. The summed E-state index contributed by atoms with van der Waals surface area (Å²) in [5.41, 5.74) is 3.77. The lowest BCUT2D eigenvalue weighted by atomic mass is 9.52. The second kappa shape index (κ2) is 10.8. The fraction of sp³-hybridized carbons (Fsp3) is 0.562. The standard InChI is InChI=1S/C32H41N3O3/c1-2-14-31(36)15-16-32(21-24-7-4-3-5-8-24)26(22-31)10-9-25-20-27(11-12-28(25)32)37-23-29-33-30(38-34-29)13-19-35-17-6-18-35/h3-5,7-8,11-12,20,26,36H,2,6,9-10,13-19,21-23H2,1H3/t26-,31-,32+/m1/s1. The first-order chi connectivity index (χ1) is 18.6. The zero-order chi connectivity index (χ0) is 26.0. The van der Waals surface area contributed by atoms with Crippen molar-refractivity contribution in [3.05, 3.63) is 76.9 Å². The van der Waals surface area contributed by atoms with Crippen molar-refractivity contribution < 1.29 is 14.4 Å². The van der Waals surface area contributed by atoms with Gasteiger partial charge < -0.3 is 19.3 Å². The lowest BCUT2D eigenvalue weighted by Gasteiger charge is -2.53. The Morgan fingerprint density at radius 3 is 2.79 bits per heavy atom. The van der Waals surface area contributed by atoms with Gasteiger partial charge in [-0.2, -0.15) is 4.98 Å². The Morgan fingerprint density at radius 1 is 1.13 bits per heavy atom. The van der Waals surface area contributed by atoms with Crippen molar-refractivity contribution >= 4 is 0 Å². The maximum absolute atomic E-state index is 11.4. The zero-order valence-electron chi connectivity index (χ0n) is 22.7. The third-order valence-electron chi connectivity index (χ3n) is 9.37. The van der Waals surface area contributed by atoms with E-state index >= 15 is 0 Å². The van der Waals surface area contributed by atoms with Gasteiger partial charge >= 0.3 is 0 Å². The van der Waals surface area contributed by atoms with Gasteiger partial charge in [0.1, 0.15) is 5.75 Å². The van der Waals surface area contributed by atoms with Gasteiger partial charge in [0.15, 0.2) is 6.61 Å². The van der Waals surface area contributed by atoms with Crippen LogP contribution in [-0.4, -0.2) is 45.4 Å². The summed E-state index contributed by atoms with van der Waals surface area (Å²) in [5.74, 6) is 2.64. The molecule has 0 amide bonds. The highest BCUT2D eigenvalue weighted by Gasteiger charge is 2.51. The number of ether oxygens (including phenoxy) is 1. The van der Waals surface area contributed by atoms with Gasteiger partial charge in [-0.05, 0) is 99.2 Å². The number of benzene rings is 2. The monoisotopic (exact) mass is 515 g/mol. The van der Waals surface area contributed by atoms with Gasteiger partial charge in [-0.3, -0.25) is 0 Å². The van der Waals surface area contributed by atoms with Gasteiger partial charge in [0.05, 0.1) is 5.60 Å². The van der Waals surface area contributed by atoms with Crippen molar-refractivity contribution in [2.75, 3.05) is 19.6 Å². The molecule has 2 fully saturated rings. The van der Waals surface area contributed by atoms with Gasteiger partial charge in [-0.25, -0.2) is 0 Å². The van der Waals surface area contributed by atoms with E-state index in [9.17, 15) is 5.11 Å². The number of hydrogen-bond donors (Lipinski definition) is 1. The van der Waals surface area contributed by atoms with Gasteiger partial charge in [0.2, 0.25) is 11.7 Å². The van der Waals surface area contributed by atoms with Crippen molar-refractivity contribution in [2.45, 2.75) is 88.8 Å². The van der Waals surface area contributed by atoms with E-state index in [2.05, 4.69) is 70.5 Å². The van der Waals surface area contributed by atoms with Gasteiger partial charge in [0.25, 0.3) is 0 Å². The Hall–Kier alpha value is -2.70. The molecule has 2 heterocycles. The molecule has 0 spiro atoms. The van der Waals surface area contributed by atoms with Crippen molar-refractivity contribution in [3.8, 4) is 5.75 Å². The van der Waals surface area contributed by atoms with E-state index in [4.69, 9.17) is 9.26 Å². The van der Waals surface area contributed by atoms with Crippen molar-refractivity contribution in [3.63, 3.8) is 0 Å². The molecular formula is C32H41N3O3. The minimum Gasteiger partial charge on any atom is -0.485 e. The molecule has 1 aromatic heterocycles. The number of likely N-dealkylation sites (tertiary alicyclic amines) is 1. The summed E-state index contributed by atoms with van der Waals surface area (Å²) in [6.07, 6.45) is 9.99. The molecule has 3 aromatic rings. The molecule has 1 aliphatic heterocycles. The maximum Gasteiger partial charge on any atom is 0.228 e. The van der Waals surface area contributed by atoms with E-state index in [1.807, 2.05) is 0 Å². The molecule has 6 heteroatoms. The number of rotatable bonds is 10. The van der Waals surface area contributed by atoms with Crippen LogP contribution in [0.1, 0.15) is 80.3 Å². The highest BCUT2D eigenvalue weighted by Crippen LogP contribution is 2.55. The van der Waals surface area contributed by atoms with Crippen LogP contribution in [-0.2, 0) is 31.3 Å². The lowest BCUT2D eigenvalue weighted by molar-refractivity contribution is -0.0565. The third-order valence-corrected chi connectivity index (χ3v) is 9.37. The fourth-order valence-electron chi connectivity index (χ4n) is 7.27. The summed E-state index contributed by atoms with van der Waals surface area (Å²) in [5, 5.41) is 15.5. The fourth-order valence-corrected chi connectivity index (χ4v) is 7.27. The van der Waals surface area contributed by atoms with Crippen molar-refractivity contribution in [1.29, 1.82) is 0 Å². The predicted octanol–water partition coefficient (Wildman–Crippen LogP) is 5.65. The SMILES string of the molecule is CCC[C@@]1(O)CC[C@@]2(Cc3ccccc3)c3ccc(OCc4noc(CCN5CCC5)n4)cc3CC[C@@H]2C1. The van der Waals surface area contributed by atoms with Gasteiger partial charge in [-0.1, -0.05) is 54.9 Å². The normalized spacial score (nSPS) is 26.8. The summed E-state index contributed by atoms with van der Waals surface area (Å²) in [6.45, 7) is 5.83. The highest BCUT2D eigenvalue weighted by molar-refractivity contribution is 5.45. The number of aliphatic hydroxyl groups is 1. The summed E-state index contributed by atoms with van der Waals surface area (Å²) >= 11 is 0. The molecule has 0 bridgehead atoms. The van der Waals surface area contributed by atoms with Crippen LogP contribution in [0.2, 0.25) is 0 Å². The predicted molar refractivity (Wildman–Crippen MR) is 147 cm³/mol. The molecule has 2 aromatic carbocycles. The van der Waals surface area contributed by atoms with Crippen molar-refractivity contribution in [1.82, 2.24) is 15.0 Å². The molecule has 0 unspecified atom stereocenters. The first-order valence-corrected chi connectivity index (χ1v) is 14.6. The Balaban J connectivity index is 1.19. The quantitative estimate of drug-likeness (QED) is 0.376. The van der Waals surface area contributed by atoms with Crippen LogP contribution in [0.15, 0.2) is 53.1 Å². The highest BCUT2D eigenvalue weighted by atomic mass is 16.5. The van der Waals surface area contributed by atoms with Crippen LogP contribution in [0.5, 0.6) is 5.75 Å². The minimum absolute atomic E-state index is 0.0620. The summed E-state index contributed by atoms with van der Waals surface area (Å²) in [4.78, 5) is 6.93. The van der Waals surface area contributed by atoms with Crippen LogP contribution >= 0.6 is 0 Å². The molecule has 3 aliphatic rings. The van der Waals surface area contributed by atoms with Crippen LogP contribution in [0.3, 0.4) is 0 Å². The Kier molecular flexibility index (Phi) is 7.28. The molecule has 38 heavy (non-hydrogen) atoms. The molecular weight excluding hydrogens is 474 g/mol. The van der Waals surface area contributed by atoms with Gasteiger partial charge in [0, 0.05) is 18.4 Å². The molecule has 6 nitrogen and oxygen atoms in total. The van der Waals surface area contributed by atoms with Crippen LogP contribution in [0.4, 0.5) is 0 Å². The first-order valence-electron chi connectivity index (χ1n) is 14.6. The molecule has 202 valence electrons. The maximum atomic E-state index is 11.4. The van der Waals surface area contributed by atoms with Crippen LogP contribution in [0, 0.1) is 5.92 Å². The molecule has 1 saturated carbocycles. The molecule has 2 aliphatic carbocycles. The summed E-state index contributed by atoms with van der Waals surface area (Å²) in [6, 6.07) is 17.6. The third kappa shape index (κ3) is 5.26. The van der Waals surface area contributed by atoms with E-state index in [-0.39, 0.29) is 5.41 Å². The molecule has 6 rings (SSSR count). The Bertz CT molecular complexity index is 1220. The second-order valence-corrected chi connectivity index (χ2v) is 11.9. The summed E-state index contributed by atoms with van der Waals surface area (Å²) in [7, 11) is 0. The Labute approximate surface area is 226 Å². The van der Waals surface area contributed by atoms with Crippen LogP contribution < -0.4 is 4.74 Å². The summed E-state index contributed by atoms with van der Waals surface area (Å²) < 4.78 is 11.6. The van der Waals surface area contributed by atoms with Crippen LogP contribution in [0.25, 0.3) is 0 Å². The number of fused-ring (bicyclic) bond motifs is 3. The van der Waals surface area contributed by atoms with E-state index < -0.39 is 5.60 Å². The lowest BCUT2D eigenvalue weighted by Crippen LogP contribution is -2.51. The van der Waals surface area contributed by atoms with Crippen molar-refractivity contribution in [2.24, 2.45) is 5.92 Å². The molecule has 1 saturated heterocycles. The minimum atomic E-state index is -0.515. The topological polar surface area (TPSA) is 71.6 Å². The van der Waals surface area contributed by atoms with E-state index in [0.29, 0.717) is 24.2 Å². The van der Waals surface area contributed by atoms with E-state index in [0.717, 1.165) is 70.1 Å². The number of aryl methyl sites for hydroxylation is 1. The molecule has 3 atom stereocenters. The number of nitrogens with zero attached hydrogens (tertiary/aromatic N) is 3. The zero-order valence-corrected chi connectivity index (χ0v) is 22.7. The number of hydrogen-bond acceptors (Lipinski definition) is 6. The second-order valence-electron chi connectivity index (χ2n) is 11.9.